The summed E-state index contributed by atoms with van der Waals surface area (Å²) < 4.78 is 4.91. The van der Waals surface area contributed by atoms with Crippen molar-refractivity contribution in [1.82, 2.24) is 10.2 Å². The summed E-state index contributed by atoms with van der Waals surface area (Å²) in [4.78, 5) is 37.0. The van der Waals surface area contributed by atoms with E-state index in [0.717, 1.165) is 5.56 Å². The number of ether oxygens (including phenoxy) is 1. The van der Waals surface area contributed by atoms with E-state index in [1.54, 1.807) is 18.2 Å². The van der Waals surface area contributed by atoms with Crippen LogP contribution >= 0.6 is 47.2 Å². The van der Waals surface area contributed by atoms with Crippen LogP contribution in [-0.4, -0.2) is 56.6 Å². The summed E-state index contributed by atoms with van der Waals surface area (Å²) in [7, 11) is 0. The number of aliphatic carboxylic acids is 1. The fourth-order valence-corrected chi connectivity index (χ4v) is 5.05. The van der Waals surface area contributed by atoms with Crippen LogP contribution < -0.4 is 5.32 Å². The second-order valence-electron chi connectivity index (χ2n) is 6.41. The van der Waals surface area contributed by atoms with Gasteiger partial charge in [-0.15, -0.1) is 11.8 Å². The first kappa shape index (κ1) is 21.9. The standard InChI is InChI=1S/C18H16Cl2N2O5S2/c1-8(23)27-6-10-7-29-17-14(16(24)22(17)15(10)18(25)26)21-13(28)5-9-4-11(19)2-3-12(9)20/h2-4,14,17H,5-7H2,1H3,(H,21,28)(H,25,26)/t14-,17-/m1/s1. The van der Waals surface area contributed by atoms with Gasteiger partial charge in [0.05, 0.1) is 4.99 Å². The summed E-state index contributed by atoms with van der Waals surface area (Å²) in [6, 6.07) is 4.40. The third-order valence-corrected chi connectivity index (χ3v) is 6.58. The molecular formula is C18H16Cl2N2O5S2. The number of fused-ring (bicyclic) bond motifs is 1. The summed E-state index contributed by atoms with van der Waals surface area (Å²) in [5.74, 6) is -1.83. The van der Waals surface area contributed by atoms with Crippen LogP contribution in [0.15, 0.2) is 29.5 Å². The van der Waals surface area contributed by atoms with Gasteiger partial charge >= 0.3 is 11.9 Å². The zero-order valence-corrected chi connectivity index (χ0v) is 18.3. The lowest BCUT2D eigenvalue weighted by molar-refractivity contribution is -0.148. The molecule has 0 aliphatic carbocycles. The molecule has 0 unspecified atom stereocenters. The molecule has 1 aromatic rings. The molecule has 0 aromatic heterocycles. The van der Waals surface area contributed by atoms with Crippen molar-refractivity contribution in [3.8, 4) is 0 Å². The van der Waals surface area contributed by atoms with Crippen LogP contribution in [0.4, 0.5) is 0 Å². The number of halogens is 2. The lowest BCUT2D eigenvalue weighted by Gasteiger charge is -2.49. The molecule has 1 saturated heterocycles. The van der Waals surface area contributed by atoms with Crippen molar-refractivity contribution >= 4 is 70.0 Å². The number of esters is 1. The third-order valence-electron chi connectivity index (χ3n) is 4.37. The van der Waals surface area contributed by atoms with Gasteiger partial charge in [-0.05, 0) is 23.8 Å². The first-order valence-electron chi connectivity index (χ1n) is 8.45. The van der Waals surface area contributed by atoms with Crippen LogP contribution in [0.25, 0.3) is 0 Å². The summed E-state index contributed by atoms with van der Waals surface area (Å²) in [5.41, 5.74) is 0.974. The van der Waals surface area contributed by atoms with Crippen LogP contribution in [0.1, 0.15) is 12.5 Å². The van der Waals surface area contributed by atoms with Gasteiger partial charge in [-0.25, -0.2) is 4.79 Å². The molecule has 2 aliphatic rings. The maximum absolute atomic E-state index is 12.6. The third kappa shape index (κ3) is 4.69. The van der Waals surface area contributed by atoms with Crippen LogP contribution in [0.2, 0.25) is 10.0 Å². The van der Waals surface area contributed by atoms with Gasteiger partial charge in [-0.1, -0.05) is 35.4 Å². The summed E-state index contributed by atoms with van der Waals surface area (Å²) in [6.45, 7) is 1.08. The van der Waals surface area contributed by atoms with Crippen molar-refractivity contribution < 1.29 is 24.2 Å². The van der Waals surface area contributed by atoms with Crippen molar-refractivity contribution in [2.75, 3.05) is 12.4 Å². The monoisotopic (exact) mass is 474 g/mol. The topological polar surface area (TPSA) is 95.9 Å². The van der Waals surface area contributed by atoms with Crippen LogP contribution in [-0.2, 0) is 25.5 Å². The molecule has 1 fully saturated rings. The number of β-lactam (4-membered cyclic amide) rings is 1. The van der Waals surface area contributed by atoms with Gasteiger partial charge in [0.1, 0.15) is 23.7 Å². The van der Waals surface area contributed by atoms with E-state index in [-0.39, 0.29) is 12.3 Å². The molecule has 1 aromatic carbocycles. The molecule has 11 heteroatoms. The van der Waals surface area contributed by atoms with Crippen LogP contribution in [0.5, 0.6) is 0 Å². The molecule has 2 N–H and O–H groups in total. The minimum Gasteiger partial charge on any atom is -0.477 e. The fraction of sp³-hybridized carbons (Fsp3) is 0.333. The van der Waals surface area contributed by atoms with Crippen molar-refractivity contribution in [2.45, 2.75) is 24.8 Å². The molecule has 0 saturated carbocycles. The Kier molecular flexibility index (Phi) is 6.72. The Balaban J connectivity index is 1.70. The summed E-state index contributed by atoms with van der Waals surface area (Å²) >= 11 is 18.9. The molecule has 7 nitrogen and oxygen atoms in total. The van der Waals surface area contributed by atoms with E-state index in [1.165, 1.54) is 23.6 Å². The van der Waals surface area contributed by atoms with E-state index in [9.17, 15) is 19.5 Å². The molecule has 0 bridgehead atoms. The number of thiocarbonyl (C=S) groups is 1. The molecular weight excluding hydrogens is 459 g/mol. The Morgan fingerprint density at radius 3 is 2.79 bits per heavy atom. The number of rotatable bonds is 6. The minimum absolute atomic E-state index is 0.137. The number of thioether (sulfide) groups is 1. The Labute approximate surface area is 186 Å². The number of nitrogens with one attached hydrogen (secondary N) is 1. The van der Waals surface area contributed by atoms with Gasteiger partial charge < -0.3 is 15.2 Å². The van der Waals surface area contributed by atoms with Crippen LogP contribution in [0, 0.1) is 0 Å². The fourth-order valence-electron chi connectivity index (χ4n) is 3.06. The molecule has 0 spiro atoms. The highest BCUT2D eigenvalue weighted by molar-refractivity contribution is 8.00. The number of carboxylic acids is 1. The van der Waals surface area contributed by atoms with E-state index in [0.29, 0.717) is 32.8 Å². The van der Waals surface area contributed by atoms with Gasteiger partial charge in [0.25, 0.3) is 5.91 Å². The highest BCUT2D eigenvalue weighted by Crippen LogP contribution is 2.40. The van der Waals surface area contributed by atoms with Gasteiger partial charge in [0, 0.05) is 34.7 Å². The second kappa shape index (κ2) is 8.91. The molecule has 29 heavy (non-hydrogen) atoms. The molecule has 2 aliphatic heterocycles. The maximum Gasteiger partial charge on any atom is 0.352 e. The van der Waals surface area contributed by atoms with Crippen LogP contribution in [0.3, 0.4) is 0 Å². The number of hydrogen-bond donors (Lipinski definition) is 2. The zero-order valence-electron chi connectivity index (χ0n) is 15.1. The van der Waals surface area contributed by atoms with E-state index < -0.39 is 29.3 Å². The van der Waals surface area contributed by atoms with Crippen molar-refractivity contribution in [1.29, 1.82) is 0 Å². The molecule has 3 rings (SSSR count). The van der Waals surface area contributed by atoms with E-state index in [2.05, 4.69) is 5.32 Å². The summed E-state index contributed by atoms with van der Waals surface area (Å²) in [6.07, 6.45) is 0.301. The predicted octanol–water partition coefficient (Wildman–Crippen LogP) is 2.64. The zero-order chi connectivity index (χ0) is 21.3. The first-order valence-corrected chi connectivity index (χ1v) is 10.7. The number of benzene rings is 1. The lowest BCUT2D eigenvalue weighted by Crippen LogP contribution is -2.70. The molecule has 1 amide bonds. The predicted molar refractivity (Wildman–Crippen MR) is 114 cm³/mol. The number of nitrogens with zero attached hydrogens (tertiary/aromatic N) is 1. The SMILES string of the molecule is CC(=O)OCC1=C(C(=O)O)N2C(=O)[C@@H](NC(=S)Cc3cc(Cl)ccc3Cl)[C@H]2SC1. The van der Waals surface area contributed by atoms with Crippen molar-refractivity contribution in [2.24, 2.45) is 0 Å². The average molecular weight is 475 g/mol. The maximum atomic E-state index is 12.6. The molecule has 2 atom stereocenters. The van der Waals surface area contributed by atoms with Gasteiger partial charge in [0.2, 0.25) is 0 Å². The van der Waals surface area contributed by atoms with Gasteiger partial charge in [-0.3, -0.25) is 14.5 Å². The normalized spacial score (nSPS) is 20.7. The number of hydrogen-bond acceptors (Lipinski definition) is 6. The Morgan fingerprint density at radius 2 is 2.14 bits per heavy atom. The number of carbonyl (C=O) groups is 3. The van der Waals surface area contributed by atoms with E-state index in [1.807, 2.05) is 0 Å². The quantitative estimate of drug-likeness (QED) is 0.369. The Bertz CT molecular complexity index is 937. The first-order chi connectivity index (χ1) is 13.7. The smallest absolute Gasteiger partial charge is 0.352 e. The van der Waals surface area contributed by atoms with Gasteiger partial charge in [0.15, 0.2) is 0 Å². The minimum atomic E-state index is -1.24. The van der Waals surface area contributed by atoms with E-state index >= 15 is 0 Å². The van der Waals surface area contributed by atoms with Crippen molar-refractivity contribution in [3.63, 3.8) is 0 Å². The summed E-state index contributed by atoms with van der Waals surface area (Å²) in [5, 5.41) is 13.2. The Morgan fingerprint density at radius 1 is 1.41 bits per heavy atom. The highest BCUT2D eigenvalue weighted by atomic mass is 35.5. The van der Waals surface area contributed by atoms with E-state index in [4.69, 9.17) is 40.2 Å². The molecule has 154 valence electrons. The lowest BCUT2D eigenvalue weighted by atomic mass is 10.0. The van der Waals surface area contributed by atoms with Gasteiger partial charge in [-0.2, -0.15) is 0 Å². The molecule has 2 heterocycles. The highest BCUT2D eigenvalue weighted by Gasteiger charge is 2.53. The largest absolute Gasteiger partial charge is 0.477 e. The number of carboxylic acid groups (broad SMARTS) is 1. The number of amides is 1. The second-order valence-corrected chi connectivity index (χ2v) is 8.85. The number of carbonyl (C=O) groups excluding carboxylic acids is 2. The molecule has 0 radical (unpaired) electrons. The average Bonchev–Trinajstić information content (AvgIpc) is 2.66. The Hall–Kier alpha value is -1.81. The van der Waals surface area contributed by atoms with Crippen molar-refractivity contribution in [3.05, 3.63) is 45.1 Å².